The average molecular weight is 421 g/mol. The molecule has 21 heavy (non-hydrogen) atoms. The lowest BCUT2D eigenvalue weighted by Gasteiger charge is -2.35. The van der Waals surface area contributed by atoms with E-state index >= 15 is 0 Å². The lowest BCUT2D eigenvalue weighted by Crippen LogP contribution is -2.38. The molecule has 1 fully saturated rings. The summed E-state index contributed by atoms with van der Waals surface area (Å²) in [5, 5.41) is 13.2. The third-order valence-corrected chi connectivity index (χ3v) is 5.52. The summed E-state index contributed by atoms with van der Waals surface area (Å²) in [5.74, 6) is 0.817. The molecule has 0 saturated heterocycles. The second kappa shape index (κ2) is 7.95. The van der Waals surface area contributed by atoms with Gasteiger partial charge in [-0.2, -0.15) is 0 Å². The summed E-state index contributed by atoms with van der Waals surface area (Å²) < 4.78 is 7.22. The van der Waals surface area contributed by atoms with E-state index < -0.39 is 0 Å². The highest BCUT2D eigenvalue weighted by Gasteiger charge is 2.30. The summed E-state index contributed by atoms with van der Waals surface area (Å²) in [6.45, 7) is 1.96. The molecule has 0 atom stereocenters. The van der Waals surface area contributed by atoms with Crippen LogP contribution in [0.3, 0.4) is 0 Å². The Bertz CT molecular complexity index is 450. The van der Waals surface area contributed by atoms with Crippen LogP contribution in [0, 0.1) is 5.41 Å². The van der Waals surface area contributed by atoms with Crippen LogP contribution in [0.2, 0.25) is 0 Å². The third kappa shape index (κ3) is 4.44. The fraction of sp³-hybridized carbons (Fsp3) is 0.625. The Morgan fingerprint density at radius 1 is 1.19 bits per heavy atom. The van der Waals surface area contributed by atoms with Crippen LogP contribution < -0.4 is 10.1 Å². The Balaban J connectivity index is 1.94. The summed E-state index contributed by atoms with van der Waals surface area (Å²) in [6, 6.07) is 4.15. The molecule has 1 aromatic rings. The predicted molar refractivity (Wildman–Crippen MR) is 92.7 cm³/mol. The van der Waals surface area contributed by atoms with E-state index in [-0.39, 0.29) is 12.0 Å². The van der Waals surface area contributed by atoms with Crippen LogP contribution in [0.1, 0.15) is 37.7 Å². The van der Waals surface area contributed by atoms with Gasteiger partial charge in [0, 0.05) is 25.1 Å². The Morgan fingerprint density at radius 2 is 1.81 bits per heavy atom. The minimum Gasteiger partial charge on any atom is -0.494 e. The third-order valence-electron chi connectivity index (χ3n) is 4.34. The van der Waals surface area contributed by atoms with Crippen LogP contribution in [0.5, 0.6) is 5.75 Å². The molecule has 2 N–H and O–H groups in total. The van der Waals surface area contributed by atoms with Gasteiger partial charge in [-0.15, -0.1) is 0 Å². The molecule has 0 aliphatic heterocycles. The number of methoxy groups -OCH3 is 1. The molecule has 0 unspecified atom stereocenters. The lowest BCUT2D eigenvalue weighted by molar-refractivity contribution is 0.0810. The van der Waals surface area contributed by atoms with Gasteiger partial charge < -0.3 is 15.2 Å². The number of ether oxygens (including phenoxy) is 1. The maximum Gasteiger partial charge on any atom is 0.147 e. The topological polar surface area (TPSA) is 41.5 Å². The number of rotatable bonds is 6. The highest BCUT2D eigenvalue weighted by molar-refractivity contribution is 9.11. The van der Waals surface area contributed by atoms with Crippen molar-refractivity contribution in [3.8, 4) is 5.75 Å². The number of hydrogen-bond acceptors (Lipinski definition) is 3. The largest absolute Gasteiger partial charge is 0.494 e. The standard InChI is InChI=1S/C16H23Br2NO2/c1-21-15-13(17)7-12(8-14(15)18)9-19-10-16(11-20)5-3-2-4-6-16/h7-8,19-20H,2-6,9-11H2,1H3. The van der Waals surface area contributed by atoms with Crippen molar-refractivity contribution < 1.29 is 9.84 Å². The van der Waals surface area contributed by atoms with Gasteiger partial charge in [0.1, 0.15) is 5.75 Å². The number of benzene rings is 1. The Labute approximate surface area is 143 Å². The van der Waals surface area contributed by atoms with E-state index in [1.165, 1.54) is 24.8 Å². The highest BCUT2D eigenvalue weighted by atomic mass is 79.9. The van der Waals surface area contributed by atoms with Gasteiger partial charge >= 0.3 is 0 Å². The van der Waals surface area contributed by atoms with Crippen molar-refractivity contribution in [3.05, 3.63) is 26.6 Å². The number of aliphatic hydroxyl groups excluding tert-OH is 1. The lowest BCUT2D eigenvalue weighted by atomic mass is 9.74. The quantitative estimate of drug-likeness (QED) is 0.722. The first-order valence-corrected chi connectivity index (χ1v) is 9.02. The van der Waals surface area contributed by atoms with Crippen molar-refractivity contribution in [2.75, 3.05) is 20.3 Å². The first-order chi connectivity index (χ1) is 10.1. The molecule has 0 spiro atoms. The molecule has 1 aliphatic carbocycles. The molecule has 1 saturated carbocycles. The second-order valence-electron chi connectivity index (χ2n) is 5.92. The minimum absolute atomic E-state index is 0.0825. The molecular weight excluding hydrogens is 398 g/mol. The van der Waals surface area contributed by atoms with Gasteiger partial charge in [0.05, 0.1) is 16.1 Å². The summed E-state index contributed by atoms with van der Waals surface area (Å²) in [4.78, 5) is 0. The molecule has 0 radical (unpaired) electrons. The first-order valence-electron chi connectivity index (χ1n) is 7.44. The van der Waals surface area contributed by atoms with Crippen molar-refractivity contribution in [1.29, 1.82) is 0 Å². The zero-order chi connectivity index (χ0) is 15.3. The van der Waals surface area contributed by atoms with Gasteiger partial charge in [-0.25, -0.2) is 0 Å². The molecule has 2 rings (SSSR count). The van der Waals surface area contributed by atoms with Crippen molar-refractivity contribution >= 4 is 31.9 Å². The fourth-order valence-corrected chi connectivity index (χ4v) is 4.68. The van der Waals surface area contributed by atoms with Gasteiger partial charge in [-0.1, -0.05) is 19.3 Å². The van der Waals surface area contributed by atoms with E-state index in [0.29, 0.717) is 0 Å². The maximum absolute atomic E-state index is 9.72. The zero-order valence-electron chi connectivity index (χ0n) is 12.4. The molecule has 0 bridgehead atoms. The van der Waals surface area contributed by atoms with E-state index in [1.807, 2.05) is 0 Å². The molecule has 3 nitrogen and oxygen atoms in total. The van der Waals surface area contributed by atoms with Crippen molar-refractivity contribution in [2.24, 2.45) is 5.41 Å². The molecule has 1 aromatic carbocycles. The molecule has 0 aromatic heterocycles. The maximum atomic E-state index is 9.72. The van der Waals surface area contributed by atoms with Gasteiger partial charge in [0.25, 0.3) is 0 Å². The van der Waals surface area contributed by atoms with Crippen LogP contribution in [-0.2, 0) is 6.54 Å². The van der Waals surface area contributed by atoms with Crippen LogP contribution in [0.4, 0.5) is 0 Å². The Hall–Kier alpha value is -0.100. The summed E-state index contributed by atoms with van der Waals surface area (Å²) in [7, 11) is 1.66. The first kappa shape index (κ1) is 17.3. The molecule has 0 heterocycles. The van der Waals surface area contributed by atoms with Crippen molar-refractivity contribution in [2.45, 2.75) is 38.6 Å². The molecule has 0 amide bonds. The van der Waals surface area contributed by atoms with Gasteiger partial charge in [0.15, 0.2) is 0 Å². The smallest absolute Gasteiger partial charge is 0.147 e. The van der Waals surface area contributed by atoms with Crippen LogP contribution >= 0.6 is 31.9 Å². The van der Waals surface area contributed by atoms with Crippen molar-refractivity contribution in [3.63, 3.8) is 0 Å². The summed E-state index contributed by atoms with van der Waals surface area (Å²) in [5.41, 5.74) is 1.28. The SMILES string of the molecule is COc1c(Br)cc(CNCC2(CO)CCCCC2)cc1Br. The number of nitrogens with one attached hydrogen (secondary N) is 1. The second-order valence-corrected chi connectivity index (χ2v) is 7.62. The molecule has 1 aliphatic rings. The normalized spacial score (nSPS) is 17.7. The van der Waals surface area contributed by atoms with E-state index in [0.717, 1.165) is 40.6 Å². The highest BCUT2D eigenvalue weighted by Crippen LogP contribution is 2.36. The molecule has 118 valence electrons. The van der Waals surface area contributed by atoms with Gasteiger partial charge in [-0.05, 0) is 62.4 Å². The molecular formula is C16H23Br2NO2. The zero-order valence-corrected chi connectivity index (χ0v) is 15.6. The Kier molecular flexibility index (Phi) is 6.53. The number of halogens is 2. The fourth-order valence-electron chi connectivity index (χ4n) is 3.07. The van der Waals surface area contributed by atoms with Gasteiger partial charge in [0.2, 0.25) is 0 Å². The van der Waals surface area contributed by atoms with E-state index in [9.17, 15) is 5.11 Å². The van der Waals surface area contributed by atoms with Gasteiger partial charge in [-0.3, -0.25) is 0 Å². The number of hydrogen-bond donors (Lipinski definition) is 2. The predicted octanol–water partition coefficient (Wildman–Crippen LogP) is 4.25. The van der Waals surface area contributed by atoms with Crippen LogP contribution in [0.25, 0.3) is 0 Å². The summed E-state index contributed by atoms with van der Waals surface area (Å²) >= 11 is 7.06. The Morgan fingerprint density at radius 3 is 2.33 bits per heavy atom. The monoisotopic (exact) mass is 419 g/mol. The van der Waals surface area contributed by atoms with E-state index in [2.05, 4.69) is 49.3 Å². The molecule has 5 heteroatoms. The van der Waals surface area contributed by atoms with E-state index in [1.54, 1.807) is 7.11 Å². The van der Waals surface area contributed by atoms with Crippen LogP contribution in [0.15, 0.2) is 21.1 Å². The number of aliphatic hydroxyl groups is 1. The van der Waals surface area contributed by atoms with E-state index in [4.69, 9.17) is 4.74 Å². The summed E-state index contributed by atoms with van der Waals surface area (Å²) in [6.07, 6.45) is 6.04. The average Bonchev–Trinajstić information content (AvgIpc) is 2.48. The van der Waals surface area contributed by atoms with Crippen molar-refractivity contribution in [1.82, 2.24) is 5.32 Å². The minimum atomic E-state index is 0.0825. The van der Waals surface area contributed by atoms with Crippen LogP contribution in [-0.4, -0.2) is 25.4 Å².